The van der Waals surface area contributed by atoms with E-state index < -0.39 is 46.1 Å². The molecule has 14 heteroatoms. The van der Waals surface area contributed by atoms with Crippen LogP contribution in [0.5, 0.6) is 0 Å². The standard InChI is InChI=1S/C19H25ClF2N6O4S/c1-10(17(21)22)8-33(29,30)9-11-6-31-16-14(7-32-15(11)16)26-18-13(20)4-23-19(27-18)25-12-3-24-28(2)5-12/h3-5,10-11,14-17H,6-9H2,1-2H3,(H2,23,25,26,27)/t10?,11-,14-,15?,16?/m1/s1. The van der Waals surface area contributed by atoms with Crippen molar-refractivity contribution in [3.8, 4) is 0 Å². The highest BCUT2D eigenvalue weighted by molar-refractivity contribution is 7.91. The fourth-order valence-electron chi connectivity index (χ4n) is 4.03. The summed E-state index contributed by atoms with van der Waals surface area (Å²) in [4.78, 5) is 8.56. The van der Waals surface area contributed by atoms with Crippen molar-refractivity contribution in [2.75, 3.05) is 35.4 Å². The lowest BCUT2D eigenvalue weighted by molar-refractivity contribution is 0.0655. The number of ether oxygens (including phenoxy) is 2. The molecule has 2 aliphatic heterocycles. The normalized spacial score (nSPS) is 25.9. The largest absolute Gasteiger partial charge is 0.373 e. The van der Waals surface area contributed by atoms with Gasteiger partial charge in [-0.2, -0.15) is 10.1 Å². The summed E-state index contributed by atoms with van der Waals surface area (Å²) < 4.78 is 63.6. The average molecular weight is 507 g/mol. The van der Waals surface area contributed by atoms with Crippen molar-refractivity contribution in [2.24, 2.45) is 18.9 Å². The minimum absolute atomic E-state index is 0.168. The highest BCUT2D eigenvalue weighted by atomic mass is 35.5. The first-order chi connectivity index (χ1) is 15.6. The molecular formula is C19H25ClF2N6O4S. The van der Waals surface area contributed by atoms with Gasteiger partial charge in [-0.15, -0.1) is 0 Å². The lowest BCUT2D eigenvalue weighted by atomic mass is 10.0. The Labute approximate surface area is 194 Å². The van der Waals surface area contributed by atoms with Crippen molar-refractivity contribution >= 4 is 38.9 Å². The number of hydrogen-bond donors (Lipinski definition) is 2. The summed E-state index contributed by atoms with van der Waals surface area (Å²) >= 11 is 6.26. The maximum absolute atomic E-state index is 12.8. The summed E-state index contributed by atoms with van der Waals surface area (Å²) in [5.41, 5.74) is 0.708. The van der Waals surface area contributed by atoms with Gasteiger partial charge in [-0.1, -0.05) is 18.5 Å². The maximum atomic E-state index is 12.8. The molecule has 0 amide bonds. The third kappa shape index (κ3) is 5.70. The van der Waals surface area contributed by atoms with Gasteiger partial charge in [0.1, 0.15) is 11.1 Å². The summed E-state index contributed by atoms with van der Waals surface area (Å²) in [6, 6.07) is -0.318. The van der Waals surface area contributed by atoms with Crippen LogP contribution < -0.4 is 10.6 Å². The van der Waals surface area contributed by atoms with Gasteiger partial charge in [-0.3, -0.25) is 4.68 Å². The lowest BCUT2D eigenvalue weighted by Gasteiger charge is -2.19. The number of alkyl halides is 2. The number of rotatable bonds is 9. The fourth-order valence-corrected chi connectivity index (χ4v) is 6.20. The number of halogens is 3. The number of anilines is 3. The third-order valence-corrected chi connectivity index (χ3v) is 7.84. The monoisotopic (exact) mass is 506 g/mol. The second kappa shape index (κ2) is 9.65. The van der Waals surface area contributed by atoms with Crippen molar-refractivity contribution in [2.45, 2.75) is 31.6 Å². The number of sulfone groups is 1. The third-order valence-electron chi connectivity index (χ3n) is 5.60. The van der Waals surface area contributed by atoms with Gasteiger partial charge in [-0.05, 0) is 0 Å². The molecule has 4 heterocycles. The Bertz CT molecular complexity index is 1090. The molecule has 2 aromatic heterocycles. The molecule has 5 atom stereocenters. The van der Waals surface area contributed by atoms with Crippen molar-refractivity contribution in [1.82, 2.24) is 19.7 Å². The summed E-state index contributed by atoms with van der Waals surface area (Å²) in [7, 11) is -1.89. The molecule has 0 aromatic carbocycles. The molecule has 3 unspecified atom stereocenters. The minimum atomic E-state index is -3.68. The lowest BCUT2D eigenvalue weighted by Crippen LogP contribution is -2.36. The first-order valence-electron chi connectivity index (χ1n) is 10.4. The van der Waals surface area contributed by atoms with E-state index >= 15 is 0 Å². The summed E-state index contributed by atoms with van der Waals surface area (Å²) in [5, 5.41) is 10.6. The van der Waals surface area contributed by atoms with Crippen LogP contribution in [0.4, 0.5) is 26.2 Å². The zero-order chi connectivity index (χ0) is 23.8. The Hall–Kier alpha value is -2.09. The molecule has 0 bridgehead atoms. The predicted octanol–water partition coefficient (Wildman–Crippen LogP) is 2.12. The van der Waals surface area contributed by atoms with E-state index in [9.17, 15) is 17.2 Å². The average Bonchev–Trinajstić information content (AvgIpc) is 3.43. The Morgan fingerprint density at radius 1 is 1.27 bits per heavy atom. The zero-order valence-corrected chi connectivity index (χ0v) is 19.6. The van der Waals surface area contributed by atoms with E-state index in [0.717, 1.165) is 0 Å². The SMILES string of the molecule is CC(CS(=O)(=O)C[C@H]1COC2C1OC[C@H]2Nc1nc(Nc2cnn(C)c2)ncc1Cl)C(F)F. The summed E-state index contributed by atoms with van der Waals surface area (Å²) in [6.45, 7) is 1.65. The van der Waals surface area contributed by atoms with Gasteiger partial charge in [0.05, 0.1) is 54.9 Å². The first kappa shape index (κ1) is 24.0. The molecule has 2 N–H and O–H groups in total. The summed E-state index contributed by atoms with van der Waals surface area (Å²) in [5.74, 6) is -1.79. The Kier molecular flexibility index (Phi) is 7.03. The van der Waals surface area contributed by atoms with Crippen LogP contribution in [0.3, 0.4) is 0 Å². The van der Waals surface area contributed by atoms with Crippen LogP contribution in [0.1, 0.15) is 6.92 Å². The second-order valence-corrected chi connectivity index (χ2v) is 11.0. The van der Waals surface area contributed by atoms with Crippen LogP contribution in [0, 0.1) is 11.8 Å². The van der Waals surface area contributed by atoms with Gasteiger partial charge < -0.3 is 20.1 Å². The highest BCUT2D eigenvalue weighted by Crippen LogP contribution is 2.34. The summed E-state index contributed by atoms with van der Waals surface area (Å²) in [6.07, 6.45) is 1.29. The number of hydrogen-bond acceptors (Lipinski definition) is 9. The molecule has 0 radical (unpaired) electrons. The molecule has 10 nitrogen and oxygen atoms in total. The molecule has 0 spiro atoms. The Morgan fingerprint density at radius 3 is 2.73 bits per heavy atom. The molecule has 4 rings (SSSR count). The number of aryl methyl sites for hydroxylation is 1. The Balaban J connectivity index is 1.39. The van der Waals surface area contributed by atoms with Gasteiger partial charge in [0, 0.05) is 25.1 Å². The van der Waals surface area contributed by atoms with Crippen LogP contribution in [0.2, 0.25) is 5.02 Å². The van der Waals surface area contributed by atoms with Gasteiger partial charge in [-0.25, -0.2) is 22.2 Å². The first-order valence-corrected chi connectivity index (χ1v) is 12.6. The van der Waals surface area contributed by atoms with E-state index in [1.54, 1.807) is 24.1 Å². The van der Waals surface area contributed by atoms with Gasteiger partial charge in [0.25, 0.3) is 0 Å². The van der Waals surface area contributed by atoms with E-state index in [1.807, 2.05) is 0 Å². The number of fused-ring (bicyclic) bond motifs is 1. The molecule has 2 fully saturated rings. The van der Waals surface area contributed by atoms with E-state index in [2.05, 4.69) is 25.7 Å². The number of nitrogens with one attached hydrogen (secondary N) is 2. The second-order valence-electron chi connectivity index (χ2n) is 8.41. The molecule has 0 aliphatic carbocycles. The van der Waals surface area contributed by atoms with E-state index in [0.29, 0.717) is 22.5 Å². The maximum Gasteiger partial charge on any atom is 0.242 e. The van der Waals surface area contributed by atoms with Gasteiger partial charge in [0.15, 0.2) is 15.7 Å². The molecule has 182 valence electrons. The van der Waals surface area contributed by atoms with Crippen LogP contribution in [0.25, 0.3) is 0 Å². The van der Waals surface area contributed by atoms with Crippen molar-refractivity contribution in [1.29, 1.82) is 0 Å². The van der Waals surface area contributed by atoms with E-state index in [4.69, 9.17) is 21.1 Å². The molecular weight excluding hydrogens is 482 g/mol. The van der Waals surface area contributed by atoms with Crippen LogP contribution in [-0.4, -0.2) is 77.6 Å². The van der Waals surface area contributed by atoms with Crippen molar-refractivity contribution in [3.05, 3.63) is 23.6 Å². The molecule has 2 saturated heterocycles. The van der Waals surface area contributed by atoms with Crippen LogP contribution >= 0.6 is 11.6 Å². The molecule has 2 aliphatic rings. The van der Waals surface area contributed by atoms with E-state index in [1.165, 1.54) is 13.1 Å². The van der Waals surface area contributed by atoms with Crippen LogP contribution in [0.15, 0.2) is 18.6 Å². The van der Waals surface area contributed by atoms with Gasteiger partial charge >= 0.3 is 0 Å². The van der Waals surface area contributed by atoms with Crippen molar-refractivity contribution < 1.29 is 26.7 Å². The Morgan fingerprint density at radius 2 is 2.03 bits per heavy atom. The highest BCUT2D eigenvalue weighted by Gasteiger charge is 2.49. The number of nitrogens with zero attached hydrogens (tertiary/aromatic N) is 4. The smallest absolute Gasteiger partial charge is 0.242 e. The molecule has 33 heavy (non-hydrogen) atoms. The van der Waals surface area contributed by atoms with E-state index in [-0.39, 0.29) is 25.0 Å². The molecule has 2 aromatic rings. The van der Waals surface area contributed by atoms with Crippen LogP contribution in [-0.2, 0) is 26.4 Å². The topological polar surface area (TPSA) is 120 Å². The zero-order valence-electron chi connectivity index (χ0n) is 18.0. The quantitative estimate of drug-likeness (QED) is 0.526. The van der Waals surface area contributed by atoms with Crippen molar-refractivity contribution in [3.63, 3.8) is 0 Å². The predicted molar refractivity (Wildman–Crippen MR) is 118 cm³/mol. The minimum Gasteiger partial charge on any atom is -0.373 e. The fraction of sp³-hybridized carbons (Fsp3) is 0.632. The number of aromatic nitrogens is 4. The molecule has 0 saturated carbocycles. The van der Waals surface area contributed by atoms with Gasteiger partial charge in [0.2, 0.25) is 12.4 Å².